The Balaban J connectivity index is 1.70. The molecule has 1 saturated heterocycles. The molecule has 124 valence electrons. The molecule has 1 aromatic carbocycles. The van der Waals surface area contributed by atoms with Gasteiger partial charge in [0.25, 0.3) is 5.91 Å². The number of benzene rings is 1. The lowest BCUT2D eigenvalue weighted by molar-refractivity contribution is 0.0781. The van der Waals surface area contributed by atoms with E-state index in [1.54, 1.807) is 11.0 Å². The van der Waals surface area contributed by atoms with Crippen LogP contribution in [-0.2, 0) is 6.42 Å². The summed E-state index contributed by atoms with van der Waals surface area (Å²) in [5, 5.41) is 2.94. The van der Waals surface area contributed by atoms with E-state index < -0.39 is 0 Å². The van der Waals surface area contributed by atoms with Crippen molar-refractivity contribution in [1.29, 1.82) is 0 Å². The summed E-state index contributed by atoms with van der Waals surface area (Å²) in [5.74, 6) is 0.0266. The fourth-order valence-electron chi connectivity index (χ4n) is 3.12. The van der Waals surface area contributed by atoms with E-state index in [4.69, 9.17) is 0 Å². The Morgan fingerprint density at radius 2 is 1.91 bits per heavy atom. The van der Waals surface area contributed by atoms with Gasteiger partial charge in [-0.05, 0) is 44.1 Å². The van der Waals surface area contributed by atoms with Crippen molar-refractivity contribution >= 4 is 17.6 Å². The van der Waals surface area contributed by atoms with Crippen molar-refractivity contribution in [3.05, 3.63) is 29.3 Å². The van der Waals surface area contributed by atoms with Gasteiger partial charge in [0.2, 0.25) is 0 Å². The fourth-order valence-corrected chi connectivity index (χ4v) is 3.12. The number of amides is 3. The monoisotopic (exact) mass is 316 g/mol. The Morgan fingerprint density at radius 3 is 2.74 bits per heavy atom. The minimum absolute atomic E-state index is 0.0266. The number of carbonyl (C=O) groups excluding carboxylic acids is 2. The Bertz CT molecular complexity index is 617. The van der Waals surface area contributed by atoms with E-state index in [1.165, 1.54) is 0 Å². The van der Waals surface area contributed by atoms with Crippen molar-refractivity contribution < 1.29 is 9.59 Å². The van der Waals surface area contributed by atoms with Crippen molar-refractivity contribution in [3.8, 4) is 0 Å². The van der Waals surface area contributed by atoms with Gasteiger partial charge in [-0.1, -0.05) is 6.07 Å². The number of nitrogens with zero attached hydrogens (tertiary/aromatic N) is 3. The van der Waals surface area contributed by atoms with Gasteiger partial charge in [-0.2, -0.15) is 0 Å². The lowest BCUT2D eigenvalue weighted by atomic mass is 9.99. The lowest BCUT2D eigenvalue weighted by Gasteiger charge is -2.26. The Morgan fingerprint density at radius 1 is 1.09 bits per heavy atom. The summed E-state index contributed by atoms with van der Waals surface area (Å²) in [4.78, 5) is 30.5. The van der Waals surface area contributed by atoms with E-state index in [2.05, 4.69) is 17.3 Å². The molecular formula is C17H24N4O2. The van der Waals surface area contributed by atoms with E-state index in [9.17, 15) is 9.59 Å². The van der Waals surface area contributed by atoms with Crippen LogP contribution in [0.4, 0.5) is 10.5 Å². The zero-order chi connectivity index (χ0) is 16.4. The average molecular weight is 316 g/mol. The topological polar surface area (TPSA) is 55.9 Å². The molecule has 1 N–H and O–H groups in total. The third-order valence-electron chi connectivity index (χ3n) is 4.66. The molecule has 1 aromatic rings. The highest BCUT2D eigenvalue weighted by Gasteiger charge is 2.23. The van der Waals surface area contributed by atoms with Crippen LogP contribution in [0.5, 0.6) is 0 Å². The molecule has 0 unspecified atom stereocenters. The Kier molecular flexibility index (Phi) is 4.52. The van der Waals surface area contributed by atoms with Crippen LogP contribution in [0.3, 0.4) is 0 Å². The first-order chi connectivity index (χ1) is 11.0. The largest absolute Gasteiger partial charge is 0.341 e. The lowest BCUT2D eigenvalue weighted by Crippen LogP contribution is -2.38. The molecule has 3 rings (SSSR count). The number of urea groups is 1. The van der Waals surface area contributed by atoms with Gasteiger partial charge in [0, 0.05) is 44.5 Å². The second-order valence-electron chi connectivity index (χ2n) is 6.42. The molecule has 0 spiro atoms. The zero-order valence-corrected chi connectivity index (χ0v) is 13.8. The van der Waals surface area contributed by atoms with Crippen LogP contribution in [0.1, 0.15) is 22.3 Å². The molecule has 0 radical (unpaired) electrons. The van der Waals surface area contributed by atoms with Crippen LogP contribution < -0.4 is 5.32 Å². The third kappa shape index (κ3) is 3.47. The van der Waals surface area contributed by atoms with Gasteiger partial charge in [-0.25, -0.2) is 4.79 Å². The first-order valence-electron chi connectivity index (χ1n) is 8.17. The van der Waals surface area contributed by atoms with Crippen molar-refractivity contribution in [2.75, 3.05) is 52.1 Å². The number of hydrogen-bond donors (Lipinski definition) is 1. The first kappa shape index (κ1) is 15.8. The van der Waals surface area contributed by atoms with Crippen LogP contribution in [0, 0.1) is 0 Å². The highest BCUT2D eigenvalue weighted by molar-refractivity contribution is 5.99. The van der Waals surface area contributed by atoms with Crippen LogP contribution in [0.25, 0.3) is 0 Å². The summed E-state index contributed by atoms with van der Waals surface area (Å²) in [6.45, 7) is 4.15. The minimum atomic E-state index is -0.0862. The van der Waals surface area contributed by atoms with Crippen molar-refractivity contribution in [1.82, 2.24) is 14.7 Å². The maximum atomic E-state index is 12.4. The quantitative estimate of drug-likeness (QED) is 0.854. The summed E-state index contributed by atoms with van der Waals surface area (Å²) in [6, 6.07) is 5.55. The third-order valence-corrected chi connectivity index (χ3v) is 4.66. The highest BCUT2D eigenvalue weighted by atomic mass is 16.2. The van der Waals surface area contributed by atoms with Crippen molar-refractivity contribution in [2.45, 2.75) is 12.8 Å². The summed E-state index contributed by atoms with van der Waals surface area (Å²) >= 11 is 0. The molecule has 1 fully saturated rings. The molecule has 0 atom stereocenters. The fraction of sp³-hybridized carbons (Fsp3) is 0.529. The molecule has 6 heteroatoms. The first-order valence-corrected chi connectivity index (χ1v) is 8.17. The standard InChI is InChI=1S/C17H24N4O2/c1-19-7-3-8-21(11-10-19)17(23)18-14-5-4-13-6-9-20(2)16(22)15(13)12-14/h4-5,12H,3,6-11H2,1-2H3,(H,18,23). The zero-order valence-electron chi connectivity index (χ0n) is 13.8. The van der Waals surface area contributed by atoms with Gasteiger partial charge in [0.05, 0.1) is 0 Å². The number of fused-ring (bicyclic) bond motifs is 1. The van der Waals surface area contributed by atoms with Crippen LogP contribution in [0.2, 0.25) is 0 Å². The molecule has 0 aromatic heterocycles. The summed E-state index contributed by atoms with van der Waals surface area (Å²) in [6.07, 6.45) is 1.85. The van der Waals surface area contributed by atoms with Gasteiger partial charge in [-0.15, -0.1) is 0 Å². The van der Waals surface area contributed by atoms with Gasteiger partial charge in [0.1, 0.15) is 0 Å². The molecule has 23 heavy (non-hydrogen) atoms. The van der Waals surface area contributed by atoms with Gasteiger partial charge in [0.15, 0.2) is 0 Å². The molecule has 2 aliphatic heterocycles. The smallest absolute Gasteiger partial charge is 0.321 e. The number of nitrogens with one attached hydrogen (secondary N) is 1. The predicted molar refractivity (Wildman–Crippen MR) is 89.8 cm³/mol. The van der Waals surface area contributed by atoms with Crippen LogP contribution >= 0.6 is 0 Å². The van der Waals surface area contributed by atoms with E-state index in [0.717, 1.165) is 51.1 Å². The molecule has 0 aliphatic carbocycles. The van der Waals surface area contributed by atoms with Crippen LogP contribution in [-0.4, -0.2) is 73.5 Å². The molecule has 2 aliphatic rings. The molecular weight excluding hydrogens is 292 g/mol. The molecule has 2 heterocycles. The maximum Gasteiger partial charge on any atom is 0.321 e. The van der Waals surface area contributed by atoms with Gasteiger partial charge < -0.3 is 20.0 Å². The Labute approximate surface area is 137 Å². The molecule has 6 nitrogen and oxygen atoms in total. The SMILES string of the molecule is CN1CCCN(C(=O)Nc2ccc3c(c2)C(=O)N(C)CC3)CC1. The second kappa shape index (κ2) is 6.58. The number of likely N-dealkylation sites (N-methyl/N-ethyl adjacent to an activating group) is 2. The Hall–Kier alpha value is -2.08. The number of rotatable bonds is 1. The van der Waals surface area contributed by atoms with E-state index in [0.29, 0.717) is 11.3 Å². The number of hydrogen-bond acceptors (Lipinski definition) is 3. The van der Waals surface area contributed by atoms with E-state index in [-0.39, 0.29) is 11.9 Å². The average Bonchev–Trinajstić information content (AvgIpc) is 2.76. The van der Waals surface area contributed by atoms with E-state index >= 15 is 0 Å². The molecule has 3 amide bonds. The van der Waals surface area contributed by atoms with Crippen molar-refractivity contribution in [2.24, 2.45) is 0 Å². The number of anilines is 1. The summed E-state index contributed by atoms with van der Waals surface area (Å²) in [5.41, 5.74) is 2.45. The minimum Gasteiger partial charge on any atom is -0.341 e. The summed E-state index contributed by atoms with van der Waals surface area (Å²) < 4.78 is 0. The molecule has 0 saturated carbocycles. The van der Waals surface area contributed by atoms with Gasteiger partial charge in [-0.3, -0.25) is 4.79 Å². The van der Waals surface area contributed by atoms with Gasteiger partial charge >= 0.3 is 6.03 Å². The predicted octanol–water partition coefficient (Wildman–Crippen LogP) is 1.48. The molecule has 0 bridgehead atoms. The maximum absolute atomic E-state index is 12.4. The van der Waals surface area contributed by atoms with Crippen molar-refractivity contribution in [3.63, 3.8) is 0 Å². The normalized spacial score (nSPS) is 19.3. The highest BCUT2D eigenvalue weighted by Crippen LogP contribution is 2.22. The number of carbonyl (C=O) groups is 2. The second-order valence-corrected chi connectivity index (χ2v) is 6.42. The van der Waals surface area contributed by atoms with Crippen LogP contribution in [0.15, 0.2) is 18.2 Å². The summed E-state index contributed by atoms with van der Waals surface area (Å²) in [7, 11) is 3.89. The van der Waals surface area contributed by atoms with E-state index in [1.807, 2.05) is 24.1 Å².